The van der Waals surface area contributed by atoms with Gasteiger partial charge in [0.15, 0.2) is 0 Å². The number of nitrogens with two attached hydrogens (primary N) is 1. The molecule has 1 aliphatic rings. The highest BCUT2D eigenvalue weighted by Crippen LogP contribution is 2.25. The molecule has 5 heteroatoms. The fourth-order valence-electron chi connectivity index (χ4n) is 1.71. The second kappa shape index (κ2) is 5.14. The molecular formula is C12H16N2O3. The van der Waals surface area contributed by atoms with Gasteiger partial charge in [-0.25, -0.2) is 9.78 Å². The first-order valence-electron chi connectivity index (χ1n) is 5.75. The zero-order valence-electron chi connectivity index (χ0n) is 9.76. The first kappa shape index (κ1) is 11.9. The highest BCUT2D eigenvalue weighted by molar-refractivity contribution is 5.91. The van der Waals surface area contributed by atoms with E-state index < -0.39 is 5.97 Å². The van der Waals surface area contributed by atoms with Crippen LogP contribution in [0.2, 0.25) is 0 Å². The third kappa shape index (κ3) is 2.74. The summed E-state index contributed by atoms with van der Waals surface area (Å²) in [4.78, 5) is 15.7. The minimum atomic E-state index is -0.403. The molecule has 5 nitrogen and oxygen atoms in total. The third-order valence-corrected chi connectivity index (χ3v) is 2.68. The fraction of sp³-hybridized carbons (Fsp3) is 0.500. The molecule has 0 unspecified atom stereocenters. The van der Waals surface area contributed by atoms with Crippen molar-refractivity contribution in [1.82, 2.24) is 4.98 Å². The maximum Gasteiger partial charge on any atom is 0.343 e. The molecule has 1 fully saturated rings. The van der Waals surface area contributed by atoms with Crippen LogP contribution in [0, 0.1) is 0 Å². The van der Waals surface area contributed by atoms with E-state index >= 15 is 0 Å². The SMILES string of the molecule is CCOC(=O)c1cccnc1OC1CC(N)C1. The van der Waals surface area contributed by atoms with Crippen molar-refractivity contribution in [1.29, 1.82) is 0 Å². The van der Waals surface area contributed by atoms with Gasteiger partial charge >= 0.3 is 5.97 Å². The number of ether oxygens (including phenoxy) is 2. The normalized spacial score (nSPS) is 22.7. The predicted octanol–water partition coefficient (Wildman–Crippen LogP) is 1.13. The number of pyridine rings is 1. The average molecular weight is 236 g/mol. The summed E-state index contributed by atoms with van der Waals surface area (Å²) in [6.07, 6.45) is 3.27. The molecule has 0 radical (unpaired) electrons. The summed E-state index contributed by atoms with van der Waals surface area (Å²) >= 11 is 0. The van der Waals surface area contributed by atoms with E-state index in [1.54, 1.807) is 25.3 Å². The van der Waals surface area contributed by atoms with E-state index in [1.165, 1.54) is 0 Å². The topological polar surface area (TPSA) is 74.4 Å². The smallest absolute Gasteiger partial charge is 0.343 e. The van der Waals surface area contributed by atoms with E-state index in [1.807, 2.05) is 0 Å². The lowest BCUT2D eigenvalue weighted by Gasteiger charge is -2.32. The third-order valence-electron chi connectivity index (χ3n) is 2.68. The maximum absolute atomic E-state index is 11.7. The van der Waals surface area contributed by atoms with Gasteiger partial charge in [0.2, 0.25) is 5.88 Å². The number of aromatic nitrogens is 1. The van der Waals surface area contributed by atoms with Crippen LogP contribution in [0.4, 0.5) is 0 Å². The number of esters is 1. The molecule has 2 rings (SSSR count). The van der Waals surface area contributed by atoms with Crippen LogP contribution in [0.1, 0.15) is 30.1 Å². The molecule has 92 valence electrons. The second-order valence-corrected chi connectivity index (χ2v) is 4.05. The van der Waals surface area contributed by atoms with Crippen molar-refractivity contribution in [2.75, 3.05) is 6.61 Å². The van der Waals surface area contributed by atoms with Crippen LogP contribution >= 0.6 is 0 Å². The summed E-state index contributed by atoms with van der Waals surface area (Å²) < 4.78 is 10.6. The minimum Gasteiger partial charge on any atom is -0.474 e. The predicted molar refractivity (Wildman–Crippen MR) is 61.8 cm³/mol. The monoisotopic (exact) mass is 236 g/mol. The molecule has 2 N–H and O–H groups in total. The van der Waals surface area contributed by atoms with E-state index in [4.69, 9.17) is 15.2 Å². The van der Waals surface area contributed by atoms with Gasteiger partial charge in [0, 0.05) is 12.2 Å². The lowest BCUT2D eigenvalue weighted by molar-refractivity contribution is 0.0504. The Bertz CT molecular complexity index is 402. The zero-order valence-corrected chi connectivity index (χ0v) is 9.76. The second-order valence-electron chi connectivity index (χ2n) is 4.05. The van der Waals surface area contributed by atoms with Crippen molar-refractivity contribution >= 4 is 5.97 Å². The molecule has 17 heavy (non-hydrogen) atoms. The lowest BCUT2D eigenvalue weighted by atomic mass is 9.90. The molecule has 0 bridgehead atoms. The number of rotatable bonds is 4. The average Bonchev–Trinajstić information content (AvgIpc) is 2.28. The largest absolute Gasteiger partial charge is 0.474 e. The summed E-state index contributed by atoms with van der Waals surface area (Å²) in [5.74, 6) is -0.0675. The fourth-order valence-corrected chi connectivity index (χ4v) is 1.71. The zero-order chi connectivity index (χ0) is 12.3. The van der Waals surface area contributed by atoms with Crippen molar-refractivity contribution in [3.63, 3.8) is 0 Å². The Hall–Kier alpha value is -1.62. The molecule has 0 amide bonds. The number of hydrogen-bond acceptors (Lipinski definition) is 5. The molecule has 1 aromatic rings. The number of hydrogen-bond donors (Lipinski definition) is 1. The van der Waals surface area contributed by atoms with Crippen LogP contribution in [0.5, 0.6) is 5.88 Å². The maximum atomic E-state index is 11.7. The summed E-state index contributed by atoms with van der Waals surface area (Å²) in [7, 11) is 0. The van der Waals surface area contributed by atoms with E-state index in [2.05, 4.69) is 4.98 Å². The molecule has 0 spiro atoms. The lowest BCUT2D eigenvalue weighted by Crippen LogP contribution is -2.43. The molecule has 0 saturated heterocycles. The summed E-state index contributed by atoms with van der Waals surface area (Å²) in [5.41, 5.74) is 6.05. The van der Waals surface area contributed by atoms with E-state index in [-0.39, 0.29) is 12.1 Å². The van der Waals surface area contributed by atoms with Crippen LogP contribution in [-0.4, -0.2) is 29.7 Å². The standard InChI is InChI=1S/C12H16N2O3/c1-2-16-12(15)10-4-3-5-14-11(10)17-9-6-8(13)7-9/h3-5,8-9H,2,6-7,13H2,1H3. The van der Waals surface area contributed by atoms with E-state index in [0.29, 0.717) is 18.1 Å². The molecule has 0 aromatic carbocycles. The van der Waals surface area contributed by atoms with Crippen LogP contribution in [0.25, 0.3) is 0 Å². The van der Waals surface area contributed by atoms with Gasteiger partial charge in [0.1, 0.15) is 11.7 Å². The molecular weight excluding hydrogens is 220 g/mol. The Morgan fingerprint density at radius 2 is 2.35 bits per heavy atom. The Balaban J connectivity index is 2.07. The van der Waals surface area contributed by atoms with Gasteiger partial charge in [-0.15, -0.1) is 0 Å². The molecule has 1 heterocycles. The number of carbonyl (C=O) groups is 1. The summed E-state index contributed by atoms with van der Waals surface area (Å²) in [5, 5.41) is 0. The molecule has 0 atom stereocenters. The molecule has 0 aliphatic heterocycles. The van der Waals surface area contributed by atoms with E-state index in [0.717, 1.165) is 12.8 Å². The summed E-state index contributed by atoms with van der Waals surface area (Å²) in [6, 6.07) is 3.54. The quantitative estimate of drug-likeness (QED) is 0.793. The van der Waals surface area contributed by atoms with Crippen molar-refractivity contribution in [2.24, 2.45) is 5.73 Å². The first-order valence-corrected chi connectivity index (χ1v) is 5.75. The van der Waals surface area contributed by atoms with Crippen molar-refractivity contribution < 1.29 is 14.3 Å². The highest BCUT2D eigenvalue weighted by atomic mass is 16.5. The van der Waals surface area contributed by atoms with Gasteiger partial charge in [0.25, 0.3) is 0 Å². The van der Waals surface area contributed by atoms with Crippen molar-refractivity contribution in [3.8, 4) is 5.88 Å². The molecule has 1 aliphatic carbocycles. The molecule has 1 aromatic heterocycles. The van der Waals surface area contributed by atoms with Gasteiger partial charge in [-0.3, -0.25) is 0 Å². The Morgan fingerprint density at radius 3 is 3.00 bits per heavy atom. The molecule has 1 saturated carbocycles. The van der Waals surface area contributed by atoms with Crippen LogP contribution in [0.15, 0.2) is 18.3 Å². The van der Waals surface area contributed by atoms with Crippen LogP contribution < -0.4 is 10.5 Å². The van der Waals surface area contributed by atoms with Crippen LogP contribution in [-0.2, 0) is 4.74 Å². The highest BCUT2D eigenvalue weighted by Gasteiger charge is 2.29. The van der Waals surface area contributed by atoms with Gasteiger partial charge in [-0.05, 0) is 31.9 Å². The Morgan fingerprint density at radius 1 is 1.59 bits per heavy atom. The van der Waals surface area contributed by atoms with E-state index in [9.17, 15) is 4.79 Å². The Labute approximate surface area is 99.9 Å². The number of nitrogens with zero attached hydrogens (tertiary/aromatic N) is 1. The van der Waals surface area contributed by atoms with Gasteiger partial charge in [-0.1, -0.05) is 0 Å². The number of carbonyl (C=O) groups excluding carboxylic acids is 1. The van der Waals surface area contributed by atoms with Gasteiger partial charge in [-0.2, -0.15) is 0 Å². The first-order chi connectivity index (χ1) is 8.20. The Kier molecular flexibility index (Phi) is 3.58. The van der Waals surface area contributed by atoms with Gasteiger partial charge < -0.3 is 15.2 Å². The minimum absolute atomic E-state index is 0.0630. The van der Waals surface area contributed by atoms with Crippen molar-refractivity contribution in [3.05, 3.63) is 23.9 Å². The van der Waals surface area contributed by atoms with Crippen molar-refractivity contribution in [2.45, 2.75) is 31.9 Å². The van der Waals surface area contributed by atoms with Gasteiger partial charge in [0.05, 0.1) is 6.61 Å². The van der Waals surface area contributed by atoms with Crippen LogP contribution in [0.3, 0.4) is 0 Å². The summed E-state index contributed by atoms with van der Waals surface area (Å²) in [6.45, 7) is 2.10.